The molecule has 0 aliphatic heterocycles. The van der Waals surface area contributed by atoms with Crippen molar-refractivity contribution in [1.29, 1.82) is 0 Å². The van der Waals surface area contributed by atoms with E-state index < -0.39 is 34.5 Å². The van der Waals surface area contributed by atoms with Gasteiger partial charge in [0, 0.05) is 31.2 Å². The topological polar surface area (TPSA) is 90.0 Å². The first-order chi connectivity index (χ1) is 17.5. The van der Waals surface area contributed by atoms with Crippen LogP contribution in [0.3, 0.4) is 0 Å². The van der Waals surface area contributed by atoms with Gasteiger partial charge >= 0.3 is 10.2 Å². The van der Waals surface area contributed by atoms with Crippen molar-refractivity contribution in [2.75, 3.05) is 24.9 Å². The van der Waals surface area contributed by atoms with Gasteiger partial charge in [-0.25, -0.2) is 8.70 Å². The van der Waals surface area contributed by atoms with Crippen LogP contribution in [0, 0.1) is 5.82 Å². The highest BCUT2D eigenvalue weighted by molar-refractivity contribution is 9.10. The van der Waals surface area contributed by atoms with Crippen LogP contribution in [-0.2, 0) is 26.3 Å². The Labute approximate surface area is 227 Å². The van der Waals surface area contributed by atoms with E-state index >= 15 is 0 Å². The first kappa shape index (κ1) is 29.1. The molecule has 1 atom stereocenters. The number of hydrogen-bond acceptors (Lipinski definition) is 4. The van der Waals surface area contributed by atoms with Crippen LogP contribution in [0.1, 0.15) is 44.6 Å². The van der Waals surface area contributed by atoms with Crippen LogP contribution in [0.15, 0.2) is 53.0 Å². The minimum atomic E-state index is -4.22. The van der Waals surface area contributed by atoms with Gasteiger partial charge in [-0.2, -0.15) is 12.7 Å². The molecule has 37 heavy (non-hydrogen) atoms. The highest BCUT2D eigenvalue weighted by Crippen LogP contribution is 2.24. The molecule has 0 radical (unpaired) electrons. The predicted molar refractivity (Wildman–Crippen MR) is 146 cm³/mol. The lowest BCUT2D eigenvalue weighted by Gasteiger charge is -2.34. The fraction of sp³-hybridized carbons (Fsp3) is 0.462. The van der Waals surface area contributed by atoms with Crippen LogP contribution in [0.2, 0.25) is 0 Å². The van der Waals surface area contributed by atoms with Gasteiger partial charge in [-0.05, 0) is 49.6 Å². The Hall–Kier alpha value is -2.50. The van der Waals surface area contributed by atoms with E-state index in [0.29, 0.717) is 0 Å². The standard InChI is InChI=1S/C26H34BrFN4O4S/c1-19(26(34)29-22-9-5-4-6-10-22)31(17-20-13-15-21(27)16-14-20)25(33)18-32(37(35,36)30(2)3)24-12-8-7-11-23(24)28/h7-8,11-16,19,22H,4-6,9-10,17-18H2,1-3H3,(H,29,34). The van der Waals surface area contributed by atoms with Crippen LogP contribution in [0.5, 0.6) is 0 Å². The van der Waals surface area contributed by atoms with Gasteiger partial charge in [0.05, 0.1) is 5.69 Å². The minimum Gasteiger partial charge on any atom is -0.352 e. The second-order valence-electron chi connectivity index (χ2n) is 9.42. The van der Waals surface area contributed by atoms with Crippen molar-refractivity contribution in [2.45, 2.75) is 57.7 Å². The average molecular weight is 598 g/mol. The lowest BCUT2D eigenvalue weighted by atomic mass is 9.95. The van der Waals surface area contributed by atoms with Gasteiger partial charge in [-0.1, -0.05) is 59.5 Å². The van der Waals surface area contributed by atoms with E-state index in [4.69, 9.17) is 0 Å². The first-order valence-electron chi connectivity index (χ1n) is 12.3. The summed E-state index contributed by atoms with van der Waals surface area (Å²) in [6.45, 7) is 1.04. The van der Waals surface area contributed by atoms with Crippen molar-refractivity contribution in [3.63, 3.8) is 0 Å². The summed E-state index contributed by atoms with van der Waals surface area (Å²) in [6, 6.07) is 11.9. The summed E-state index contributed by atoms with van der Waals surface area (Å²) < 4.78 is 43.5. The number of amides is 2. The number of para-hydroxylation sites is 1. The molecule has 1 aliphatic rings. The maximum atomic E-state index is 14.7. The largest absolute Gasteiger partial charge is 0.352 e. The molecule has 0 aromatic heterocycles. The smallest absolute Gasteiger partial charge is 0.304 e. The Kier molecular flexibility index (Phi) is 10.1. The quantitative estimate of drug-likeness (QED) is 0.448. The van der Waals surface area contributed by atoms with Crippen LogP contribution < -0.4 is 9.62 Å². The van der Waals surface area contributed by atoms with Crippen LogP contribution in [0.25, 0.3) is 0 Å². The summed E-state index contributed by atoms with van der Waals surface area (Å²) in [5.74, 6) is -1.70. The summed E-state index contributed by atoms with van der Waals surface area (Å²) in [6.07, 6.45) is 5.01. The van der Waals surface area contributed by atoms with Gasteiger partial charge in [0.25, 0.3) is 0 Å². The summed E-state index contributed by atoms with van der Waals surface area (Å²) in [7, 11) is -1.59. The van der Waals surface area contributed by atoms with E-state index in [0.717, 1.165) is 56.8 Å². The Bertz CT molecular complexity index is 1190. The zero-order chi connectivity index (χ0) is 27.2. The van der Waals surface area contributed by atoms with Crippen LogP contribution in [-0.4, -0.2) is 62.2 Å². The molecule has 1 N–H and O–H groups in total. The molecule has 0 saturated heterocycles. The maximum absolute atomic E-state index is 14.7. The normalized spacial score (nSPS) is 15.3. The van der Waals surface area contributed by atoms with Gasteiger partial charge in [0.15, 0.2) is 0 Å². The molecule has 2 aromatic rings. The van der Waals surface area contributed by atoms with Crippen molar-refractivity contribution in [3.05, 3.63) is 64.4 Å². The number of rotatable bonds is 10. The molecule has 2 aromatic carbocycles. The van der Waals surface area contributed by atoms with Gasteiger partial charge < -0.3 is 10.2 Å². The fourth-order valence-electron chi connectivity index (χ4n) is 4.29. The molecule has 0 bridgehead atoms. The van der Waals surface area contributed by atoms with Gasteiger partial charge in [0.1, 0.15) is 18.4 Å². The Balaban J connectivity index is 1.92. The Morgan fingerprint density at radius 1 is 1.05 bits per heavy atom. The van der Waals surface area contributed by atoms with E-state index in [1.54, 1.807) is 6.92 Å². The highest BCUT2D eigenvalue weighted by Gasteiger charge is 2.34. The number of hydrogen-bond donors (Lipinski definition) is 1. The fourth-order valence-corrected chi connectivity index (χ4v) is 5.62. The zero-order valence-electron chi connectivity index (χ0n) is 21.4. The van der Waals surface area contributed by atoms with Crippen LogP contribution >= 0.6 is 15.9 Å². The predicted octanol–water partition coefficient (Wildman–Crippen LogP) is 4.07. The highest BCUT2D eigenvalue weighted by atomic mass is 79.9. The molecule has 2 amide bonds. The Morgan fingerprint density at radius 2 is 1.68 bits per heavy atom. The lowest BCUT2D eigenvalue weighted by molar-refractivity contribution is -0.139. The third-order valence-electron chi connectivity index (χ3n) is 6.52. The van der Waals surface area contributed by atoms with E-state index in [9.17, 15) is 22.4 Å². The SMILES string of the molecule is CC(C(=O)NC1CCCCC1)N(Cc1ccc(Br)cc1)C(=O)CN(c1ccccc1F)S(=O)(=O)N(C)C. The zero-order valence-corrected chi connectivity index (χ0v) is 23.8. The van der Waals surface area contributed by atoms with Gasteiger partial charge in [-0.15, -0.1) is 0 Å². The lowest BCUT2D eigenvalue weighted by Crippen LogP contribution is -2.53. The molecule has 8 nitrogen and oxygen atoms in total. The van der Waals surface area contributed by atoms with E-state index in [1.165, 1.54) is 37.2 Å². The summed E-state index contributed by atoms with van der Waals surface area (Å²) in [4.78, 5) is 28.3. The van der Waals surface area contributed by atoms with Crippen molar-refractivity contribution >= 4 is 43.6 Å². The Morgan fingerprint density at radius 3 is 2.27 bits per heavy atom. The number of anilines is 1. The van der Waals surface area contributed by atoms with Crippen molar-refractivity contribution in [3.8, 4) is 0 Å². The molecule has 11 heteroatoms. The molecular weight excluding hydrogens is 563 g/mol. The minimum absolute atomic E-state index is 0.0531. The molecule has 1 saturated carbocycles. The molecule has 1 aliphatic carbocycles. The second-order valence-corrected chi connectivity index (χ2v) is 12.4. The molecular formula is C26H34BrFN4O4S. The monoisotopic (exact) mass is 596 g/mol. The third kappa shape index (κ3) is 7.52. The number of benzene rings is 2. The summed E-state index contributed by atoms with van der Waals surface area (Å²) >= 11 is 3.39. The molecule has 1 unspecified atom stereocenters. The maximum Gasteiger partial charge on any atom is 0.304 e. The third-order valence-corrected chi connectivity index (χ3v) is 8.86. The average Bonchev–Trinajstić information content (AvgIpc) is 2.87. The first-order valence-corrected chi connectivity index (χ1v) is 14.5. The van der Waals surface area contributed by atoms with Crippen LogP contribution in [0.4, 0.5) is 10.1 Å². The second kappa shape index (κ2) is 12.8. The van der Waals surface area contributed by atoms with E-state index in [-0.39, 0.29) is 24.2 Å². The van der Waals surface area contributed by atoms with Gasteiger partial charge in [0.2, 0.25) is 11.8 Å². The van der Waals surface area contributed by atoms with E-state index in [1.807, 2.05) is 24.3 Å². The molecule has 1 fully saturated rings. The molecule has 202 valence electrons. The number of nitrogens with one attached hydrogen (secondary N) is 1. The summed E-state index contributed by atoms with van der Waals surface area (Å²) in [5, 5.41) is 3.05. The van der Waals surface area contributed by atoms with Crippen molar-refractivity contribution in [1.82, 2.24) is 14.5 Å². The van der Waals surface area contributed by atoms with Crippen molar-refractivity contribution in [2.24, 2.45) is 0 Å². The summed E-state index contributed by atoms with van der Waals surface area (Å²) in [5.41, 5.74) is 0.522. The van der Waals surface area contributed by atoms with Crippen molar-refractivity contribution < 1.29 is 22.4 Å². The molecule has 0 heterocycles. The van der Waals surface area contributed by atoms with E-state index in [2.05, 4.69) is 21.2 Å². The number of halogens is 2. The number of carbonyl (C=O) groups is 2. The molecule has 0 spiro atoms. The number of carbonyl (C=O) groups excluding carboxylic acids is 2. The molecule has 3 rings (SSSR count). The number of nitrogens with zero attached hydrogens (tertiary/aromatic N) is 3. The van der Waals surface area contributed by atoms with Gasteiger partial charge in [-0.3, -0.25) is 9.59 Å².